The van der Waals surface area contributed by atoms with Crippen molar-refractivity contribution in [3.8, 4) is 11.5 Å². The Kier molecular flexibility index (Phi) is 7.01. The highest BCUT2D eigenvalue weighted by Gasteiger charge is 2.16. The molecule has 3 N–H and O–H groups in total. The van der Waals surface area contributed by atoms with E-state index in [1.54, 1.807) is 6.07 Å². The molecule has 0 radical (unpaired) electrons. The maximum Gasteiger partial charge on any atom is 0.255 e. The number of methoxy groups -OCH3 is 1. The quantitative estimate of drug-likeness (QED) is 0.720. The van der Waals surface area contributed by atoms with E-state index >= 15 is 0 Å². The second-order valence-electron chi connectivity index (χ2n) is 5.82. The van der Waals surface area contributed by atoms with Crippen molar-refractivity contribution < 1.29 is 23.5 Å². The minimum atomic E-state index is -0.661. The Bertz CT molecular complexity index is 858. The molecule has 0 atom stereocenters. The number of halogens is 2. The van der Waals surface area contributed by atoms with Crippen LogP contribution in [0.15, 0.2) is 30.3 Å². The van der Waals surface area contributed by atoms with Crippen LogP contribution in [0.3, 0.4) is 0 Å². The number of benzene rings is 2. The van der Waals surface area contributed by atoms with Crippen molar-refractivity contribution in [3.05, 3.63) is 57.9 Å². The Hall–Kier alpha value is -2.80. The van der Waals surface area contributed by atoms with E-state index in [4.69, 9.17) is 26.8 Å². The summed E-state index contributed by atoms with van der Waals surface area (Å²) in [5, 5.41) is 2.90. The summed E-state index contributed by atoms with van der Waals surface area (Å²) in [6.45, 7) is 1.82. The van der Waals surface area contributed by atoms with Crippen LogP contribution in [-0.2, 0) is 11.2 Å². The van der Waals surface area contributed by atoms with Crippen molar-refractivity contribution in [1.82, 2.24) is 5.32 Å². The fourth-order valence-corrected chi connectivity index (χ4v) is 2.75. The molecular formula is C19H20ClFN2O4. The molecule has 0 aliphatic heterocycles. The van der Waals surface area contributed by atoms with Crippen LogP contribution in [-0.4, -0.2) is 32.1 Å². The first-order chi connectivity index (χ1) is 12.8. The zero-order chi connectivity index (χ0) is 20.0. The van der Waals surface area contributed by atoms with Gasteiger partial charge in [-0.1, -0.05) is 17.7 Å². The number of hydrogen-bond donors (Lipinski definition) is 2. The van der Waals surface area contributed by atoms with Crippen LogP contribution in [0.2, 0.25) is 5.02 Å². The molecule has 144 valence electrons. The largest absolute Gasteiger partial charge is 0.493 e. The predicted octanol–water partition coefficient (Wildman–Crippen LogP) is 2.63. The molecule has 0 aliphatic carbocycles. The third-order valence-corrected chi connectivity index (χ3v) is 4.12. The molecule has 0 spiro atoms. The van der Waals surface area contributed by atoms with Gasteiger partial charge < -0.3 is 20.5 Å². The second kappa shape index (κ2) is 9.23. The van der Waals surface area contributed by atoms with Gasteiger partial charge in [0.1, 0.15) is 5.82 Å². The maximum atomic E-state index is 13.1. The number of aryl methyl sites for hydroxylation is 1. The molecule has 2 aromatic rings. The fourth-order valence-electron chi connectivity index (χ4n) is 2.49. The van der Waals surface area contributed by atoms with E-state index in [2.05, 4.69) is 5.32 Å². The molecule has 0 aromatic heterocycles. The van der Waals surface area contributed by atoms with Crippen molar-refractivity contribution in [2.24, 2.45) is 5.73 Å². The average Bonchev–Trinajstić information content (AvgIpc) is 2.61. The lowest BCUT2D eigenvalue weighted by Gasteiger charge is -2.13. The van der Waals surface area contributed by atoms with Gasteiger partial charge in [0.05, 0.1) is 12.1 Å². The van der Waals surface area contributed by atoms with Crippen LogP contribution < -0.4 is 20.5 Å². The second-order valence-corrected chi connectivity index (χ2v) is 6.23. The van der Waals surface area contributed by atoms with E-state index in [1.807, 2.05) is 6.92 Å². The number of carbonyl (C=O) groups excluding carboxylic acids is 2. The van der Waals surface area contributed by atoms with Crippen molar-refractivity contribution in [1.29, 1.82) is 0 Å². The summed E-state index contributed by atoms with van der Waals surface area (Å²) in [7, 11) is 1.39. The van der Waals surface area contributed by atoms with Crippen LogP contribution >= 0.6 is 11.6 Å². The molecule has 6 nitrogen and oxygen atoms in total. The molecule has 0 heterocycles. The van der Waals surface area contributed by atoms with Crippen molar-refractivity contribution >= 4 is 23.4 Å². The Labute approximate surface area is 161 Å². The van der Waals surface area contributed by atoms with Gasteiger partial charge in [-0.3, -0.25) is 9.59 Å². The van der Waals surface area contributed by atoms with E-state index in [-0.39, 0.29) is 40.4 Å². The van der Waals surface area contributed by atoms with Gasteiger partial charge in [0.2, 0.25) is 0 Å². The Morgan fingerprint density at radius 2 is 2.00 bits per heavy atom. The normalized spacial score (nSPS) is 10.4. The minimum absolute atomic E-state index is 0.120. The van der Waals surface area contributed by atoms with Crippen LogP contribution in [0.1, 0.15) is 21.5 Å². The fraction of sp³-hybridized carbons (Fsp3) is 0.263. The first kappa shape index (κ1) is 20.5. The van der Waals surface area contributed by atoms with Gasteiger partial charge in [-0.05, 0) is 48.7 Å². The smallest absolute Gasteiger partial charge is 0.255 e. The Morgan fingerprint density at radius 3 is 2.63 bits per heavy atom. The number of hydrogen-bond acceptors (Lipinski definition) is 4. The maximum absolute atomic E-state index is 13.1. The first-order valence-electron chi connectivity index (χ1n) is 8.13. The van der Waals surface area contributed by atoms with Gasteiger partial charge in [0.15, 0.2) is 18.1 Å². The molecule has 0 bridgehead atoms. The van der Waals surface area contributed by atoms with E-state index in [0.717, 1.165) is 11.1 Å². The number of rotatable bonds is 8. The molecule has 0 unspecified atom stereocenters. The third-order valence-electron chi connectivity index (χ3n) is 3.83. The molecule has 2 aromatic carbocycles. The summed E-state index contributed by atoms with van der Waals surface area (Å²) in [5.41, 5.74) is 7.10. The van der Waals surface area contributed by atoms with Gasteiger partial charge in [0, 0.05) is 12.1 Å². The van der Waals surface area contributed by atoms with Gasteiger partial charge >= 0.3 is 0 Å². The summed E-state index contributed by atoms with van der Waals surface area (Å²) < 4.78 is 23.5. The lowest BCUT2D eigenvalue weighted by Crippen LogP contribution is -2.26. The molecule has 0 saturated carbocycles. The first-order valence-corrected chi connectivity index (χ1v) is 8.51. The topological polar surface area (TPSA) is 90.7 Å². The lowest BCUT2D eigenvalue weighted by atomic mass is 10.1. The number of carbonyl (C=O) groups is 2. The summed E-state index contributed by atoms with van der Waals surface area (Å²) >= 11 is 6.13. The predicted molar refractivity (Wildman–Crippen MR) is 99.9 cm³/mol. The molecule has 0 saturated heterocycles. The van der Waals surface area contributed by atoms with E-state index < -0.39 is 5.91 Å². The zero-order valence-electron chi connectivity index (χ0n) is 15.0. The lowest BCUT2D eigenvalue weighted by molar-refractivity contribution is -0.119. The number of nitrogens with two attached hydrogens (primary N) is 1. The summed E-state index contributed by atoms with van der Waals surface area (Å²) in [5.74, 6) is -0.956. The van der Waals surface area contributed by atoms with Gasteiger partial charge in [-0.2, -0.15) is 0 Å². The van der Waals surface area contributed by atoms with Crippen molar-refractivity contribution in [2.45, 2.75) is 13.3 Å². The monoisotopic (exact) mass is 394 g/mol. The van der Waals surface area contributed by atoms with Gasteiger partial charge in [-0.15, -0.1) is 0 Å². The number of nitrogens with one attached hydrogen (secondary N) is 1. The molecule has 2 amide bonds. The Balaban J connectivity index is 2.05. The molecule has 2 rings (SSSR count). The van der Waals surface area contributed by atoms with Crippen LogP contribution in [0.4, 0.5) is 4.39 Å². The van der Waals surface area contributed by atoms with E-state index in [9.17, 15) is 14.0 Å². The zero-order valence-corrected chi connectivity index (χ0v) is 15.7. The third kappa shape index (κ3) is 5.59. The van der Waals surface area contributed by atoms with Gasteiger partial charge in [-0.25, -0.2) is 4.39 Å². The van der Waals surface area contributed by atoms with Crippen molar-refractivity contribution in [2.75, 3.05) is 20.3 Å². The number of primary amides is 1. The van der Waals surface area contributed by atoms with Crippen LogP contribution in [0.5, 0.6) is 11.5 Å². The van der Waals surface area contributed by atoms with Gasteiger partial charge in [0.25, 0.3) is 11.8 Å². The van der Waals surface area contributed by atoms with E-state index in [0.29, 0.717) is 13.0 Å². The summed E-state index contributed by atoms with van der Waals surface area (Å²) in [6.07, 6.45) is 0.558. The highest BCUT2D eigenvalue weighted by molar-refractivity contribution is 6.32. The molecular weight excluding hydrogens is 375 g/mol. The highest BCUT2D eigenvalue weighted by Crippen LogP contribution is 2.36. The van der Waals surface area contributed by atoms with E-state index in [1.165, 1.54) is 31.4 Å². The van der Waals surface area contributed by atoms with Crippen LogP contribution in [0, 0.1) is 12.7 Å². The molecule has 0 fully saturated rings. The van der Waals surface area contributed by atoms with Crippen molar-refractivity contribution in [3.63, 3.8) is 0 Å². The molecule has 0 aliphatic rings. The molecule has 27 heavy (non-hydrogen) atoms. The van der Waals surface area contributed by atoms with Crippen LogP contribution in [0.25, 0.3) is 0 Å². The summed E-state index contributed by atoms with van der Waals surface area (Å²) in [6, 6.07) is 7.41. The highest BCUT2D eigenvalue weighted by atomic mass is 35.5. The minimum Gasteiger partial charge on any atom is -0.493 e. The SMILES string of the molecule is COc1cc(C(=O)NCCc2ccc(F)cc2C)cc(Cl)c1OCC(N)=O. The summed E-state index contributed by atoms with van der Waals surface area (Å²) in [4.78, 5) is 23.2. The Morgan fingerprint density at radius 1 is 1.26 bits per heavy atom. The standard InChI is InChI=1S/C19H20ClFN2O4/c1-11-7-14(21)4-3-12(11)5-6-23-19(25)13-8-15(20)18(16(9-13)26-2)27-10-17(22)24/h3-4,7-9H,5-6,10H2,1-2H3,(H2,22,24)(H,23,25). The number of ether oxygens (including phenoxy) is 2. The number of amides is 2. The molecule has 8 heteroatoms. The average molecular weight is 395 g/mol.